The smallest absolute Gasteiger partial charge is 0.230 e. The number of sulfonamides is 1. The van der Waals surface area contributed by atoms with Gasteiger partial charge in [-0.15, -0.1) is 0 Å². The lowest BCUT2D eigenvalue weighted by atomic mass is 10.0. The van der Waals surface area contributed by atoms with Gasteiger partial charge in [0.25, 0.3) is 0 Å². The van der Waals surface area contributed by atoms with Crippen LogP contribution in [0.2, 0.25) is 0 Å². The van der Waals surface area contributed by atoms with E-state index in [4.69, 9.17) is 16.1 Å². The van der Waals surface area contributed by atoms with Gasteiger partial charge in [0.15, 0.2) is 0 Å². The molecule has 1 aromatic carbocycles. The molecule has 1 unspecified atom stereocenters. The van der Waals surface area contributed by atoms with Gasteiger partial charge in [0, 0.05) is 18.2 Å². The van der Waals surface area contributed by atoms with Gasteiger partial charge in [-0.1, -0.05) is 37.3 Å². The molecule has 1 saturated heterocycles. The number of imidazole rings is 1. The molecule has 0 saturated carbocycles. The van der Waals surface area contributed by atoms with Crippen molar-refractivity contribution < 1.29 is 12.8 Å². The van der Waals surface area contributed by atoms with E-state index in [0.717, 1.165) is 48.3 Å². The molecule has 11 heteroatoms. The fraction of sp³-hybridized carbons (Fsp3) is 0.250. The first-order chi connectivity index (χ1) is 18.6. The van der Waals surface area contributed by atoms with Gasteiger partial charge in [0.05, 0.1) is 29.9 Å². The van der Waals surface area contributed by atoms with E-state index in [-0.39, 0.29) is 23.6 Å². The molecule has 0 radical (unpaired) electrons. The van der Waals surface area contributed by atoms with Crippen LogP contribution in [-0.4, -0.2) is 46.9 Å². The minimum absolute atomic E-state index is 0.0177. The van der Waals surface area contributed by atoms with Crippen molar-refractivity contribution in [2.45, 2.75) is 31.7 Å². The summed E-state index contributed by atoms with van der Waals surface area (Å²) >= 11 is 0. The second kappa shape index (κ2) is 12.1. The van der Waals surface area contributed by atoms with Crippen LogP contribution in [0.3, 0.4) is 0 Å². The van der Waals surface area contributed by atoms with Crippen LogP contribution >= 0.6 is 0 Å². The molecule has 3 heterocycles. The van der Waals surface area contributed by atoms with Gasteiger partial charge >= 0.3 is 0 Å². The molecular weight excluding hydrogens is 517 g/mol. The number of halogens is 1. The maximum Gasteiger partial charge on any atom is 0.230 e. The quantitative estimate of drug-likeness (QED) is 0.177. The molecule has 0 spiro atoms. The number of nitrogens with zero attached hydrogens (tertiary/aromatic N) is 3. The van der Waals surface area contributed by atoms with Gasteiger partial charge < -0.3 is 15.6 Å². The molecule has 1 aliphatic rings. The topological polar surface area (TPSA) is 141 Å². The van der Waals surface area contributed by atoms with Crippen molar-refractivity contribution in [3.05, 3.63) is 102 Å². The molecule has 0 aliphatic carbocycles. The highest BCUT2D eigenvalue weighted by atomic mass is 32.2. The number of rotatable bonds is 9. The summed E-state index contributed by atoms with van der Waals surface area (Å²) in [5.74, 6) is 0.651. The first kappa shape index (κ1) is 27.8. The van der Waals surface area contributed by atoms with Crippen molar-refractivity contribution in [3.63, 3.8) is 0 Å². The number of nitrogens with two attached hydrogens (primary N) is 1. The van der Waals surface area contributed by atoms with Crippen LogP contribution in [0.25, 0.3) is 17.5 Å². The third-order valence-corrected chi connectivity index (χ3v) is 6.89. The minimum Gasteiger partial charge on any atom is -0.385 e. The third kappa shape index (κ3) is 7.64. The zero-order valence-electron chi connectivity index (χ0n) is 21.8. The summed E-state index contributed by atoms with van der Waals surface area (Å²) in [4.78, 5) is 14.4. The average molecular weight is 550 g/mol. The molecule has 1 aliphatic heterocycles. The standard InChI is InChI=1S/C28H32FN7O2S/c1-19(7-3-13-26(30)35-39(2,37)38)22-10-5-11-23(33-22)24-18-32-28(34-24)15-14-27(31)36-16-6-12-25(36)20-8-4-9-21(29)17-20/h3-5,7-11,13-15,17-19,25,31,35H,6,12,16,30H2,1-2H3,(H,32,34)/b7-3-,15-14-,26-13+,31-27?/t19?,25-/m1/s1. The Morgan fingerprint density at radius 3 is 2.87 bits per heavy atom. The first-order valence-electron chi connectivity index (χ1n) is 12.5. The molecule has 0 amide bonds. The van der Waals surface area contributed by atoms with Crippen LogP contribution in [0.5, 0.6) is 0 Å². The summed E-state index contributed by atoms with van der Waals surface area (Å²) in [6.07, 6.45) is 13.0. The van der Waals surface area contributed by atoms with E-state index in [1.54, 1.807) is 36.6 Å². The Bertz CT molecular complexity index is 1530. The number of hydrogen-bond acceptors (Lipinski definition) is 6. The number of aromatic nitrogens is 3. The SMILES string of the molecule is CC(/C=C\C=C(/N)NS(C)(=O)=O)c1cccc(-c2cnc(/C=C\C(=N)N3CCC[C@@H]3c3cccc(F)c3)[nH]2)n1. The van der Waals surface area contributed by atoms with Crippen molar-refractivity contribution in [2.24, 2.45) is 5.73 Å². The van der Waals surface area contributed by atoms with Gasteiger partial charge in [-0.3, -0.25) is 15.1 Å². The summed E-state index contributed by atoms with van der Waals surface area (Å²) in [6.45, 7) is 2.71. The van der Waals surface area contributed by atoms with E-state index in [9.17, 15) is 12.8 Å². The van der Waals surface area contributed by atoms with Crippen LogP contribution in [0.15, 0.2) is 78.8 Å². The van der Waals surface area contributed by atoms with Crippen LogP contribution < -0.4 is 10.5 Å². The van der Waals surface area contributed by atoms with Crippen molar-refractivity contribution >= 4 is 21.9 Å². The fourth-order valence-electron chi connectivity index (χ4n) is 4.45. The zero-order chi connectivity index (χ0) is 28.0. The summed E-state index contributed by atoms with van der Waals surface area (Å²) in [5.41, 5.74) is 8.81. The number of hydrogen-bond donors (Lipinski definition) is 4. The van der Waals surface area contributed by atoms with Crippen LogP contribution in [0.4, 0.5) is 4.39 Å². The van der Waals surface area contributed by atoms with Gasteiger partial charge in [0.1, 0.15) is 23.3 Å². The Morgan fingerprint density at radius 2 is 2.10 bits per heavy atom. The van der Waals surface area contributed by atoms with Crippen molar-refractivity contribution in [2.75, 3.05) is 12.8 Å². The van der Waals surface area contributed by atoms with Crippen molar-refractivity contribution in [3.8, 4) is 11.4 Å². The number of H-pyrrole nitrogens is 1. The van der Waals surface area contributed by atoms with Gasteiger partial charge in [0.2, 0.25) is 10.0 Å². The predicted molar refractivity (Wildman–Crippen MR) is 151 cm³/mol. The lowest BCUT2D eigenvalue weighted by Crippen LogP contribution is -2.28. The second-order valence-corrected chi connectivity index (χ2v) is 11.2. The molecule has 2 aromatic heterocycles. The monoisotopic (exact) mass is 549 g/mol. The third-order valence-electron chi connectivity index (χ3n) is 6.28. The predicted octanol–water partition coefficient (Wildman–Crippen LogP) is 4.45. The second-order valence-electron chi connectivity index (χ2n) is 9.42. The summed E-state index contributed by atoms with van der Waals surface area (Å²) < 4.78 is 38.4. The largest absolute Gasteiger partial charge is 0.385 e. The van der Waals surface area contributed by atoms with E-state index < -0.39 is 10.0 Å². The normalized spacial score (nSPS) is 17.3. The van der Waals surface area contributed by atoms with E-state index in [0.29, 0.717) is 11.7 Å². The Hall–Kier alpha value is -4.25. The molecule has 0 bridgehead atoms. The number of aromatic amines is 1. The molecule has 5 N–H and O–H groups in total. The average Bonchev–Trinajstić information content (AvgIpc) is 3.56. The molecule has 1 fully saturated rings. The van der Waals surface area contributed by atoms with E-state index in [1.807, 2.05) is 42.2 Å². The van der Waals surface area contributed by atoms with Gasteiger partial charge in [-0.25, -0.2) is 17.8 Å². The van der Waals surface area contributed by atoms with E-state index in [1.165, 1.54) is 12.1 Å². The van der Waals surface area contributed by atoms with Gasteiger partial charge in [-0.05, 0) is 60.9 Å². The molecule has 39 heavy (non-hydrogen) atoms. The molecule has 4 rings (SSSR count). The highest BCUT2D eigenvalue weighted by Gasteiger charge is 2.27. The van der Waals surface area contributed by atoms with Crippen LogP contribution in [-0.2, 0) is 10.0 Å². The number of pyridine rings is 1. The van der Waals surface area contributed by atoms with Crippen LogP contribution in [0, 0.1) is 11.2 Å². The molecule has 204 valence electrons. The summed E-state index contributed by atoms with van der Waals surface area (Å²) in [6, 6.07) is 12.3. The highest BCUT2D eigenvalue weighted by Crippen LogP contribution is 2.32. The lowest BCUT2D eigenvalue weighted by molar-refractivity contribution is 0.399. The number of likely N-dealkylation sites (tertiary alicyclic amines) is 1. The van der Waals surface area contributed by atoms with Crippen molar-refractivity contribution in [1.82, 2.24) is 24.6 Å². The number of amidine groups is 1. The highest BCUT2D eigenvalue weighted by molar-refractivity contribution is 7.88. The van der Waals surface area contributed by atoms with E-state index in [2.05, 4.69) is 14.7 Å². The molecular formula is C28H32FN7O2S. The van der Waals surface area contributed by atoms with Gasteiger partial charge in [-0.2, -0.15) is 0 Å². The van der Waals surface area contributed by atoms with Crippen LogP contribution in [0.1, 0.15) is 48.8 Å². The maximum absolute atomic E-state index is 13.7. The lowest BCUT2D eigenvalue weighted by Gasteiger charge is -2.26. The molecule has 3 aromatic rings. The summed E-state index contributed by atoms with van der Waals surface area (Å²) in [7, 11) is -3.42. The molecule has 9 nitrogen and oxygen atoms in total. The Labute approximate surface area is 227 Å². The number of allylic oxidation sites excluding steroid dienone is 3. The number of nitrogens with one attached hydrogen (secondary N) is 3. The Morgan fingerprint density at radius 1 is 1.31 bits per heavy atom. The first-order valence-corrected chi connectivity index (χ1v) is 14.4. The zero-order valence-corrected chi connectivity index (χ0v) is 22.6. The Balaban J connectivity index is 1.41. The minimum atomic E-state index is -3.42. The fourth-order valence-corrected chi connectivity index (χ4v) is 4.94. The van der Waals surface area contributed by atoms with E-state index >= 15 is 0 Å². The maximum atomic E-state index is 13.7. The number of benzene rings is 1. The molecule has 2 atom stereocenters. The summed E-state index contributed by atoms with van der Waals surface area (Å²) in [5, 5.41) is 8.58. The Kier molecular flexibility index (Phi) is 8.60. The van der Waals surface area contributed by atoms with Crippen molar-refractivity contribution in [1.29, 1.82) is 5.41 Å².